The summed E-state index contributed by atoms with van der Waals surface area (Å²) in [5.74, 6) is -1.41. The molecule has 0 amide bonds. The summed E-state index contributed by atoms with van der Waals surface area (Å²) in [4.78, 5) is 54.6. The molecule has 0 fully saturated rings. The third kappa shape index (κ3) is 7.67. The van der Waals surface area contributed by atoms with Gasteiger partial charge in [0.05, 0.1) is 23.8 Å². The molecule has 0 unspecified atom stereocenters. The summed E-state index contributed by atoms with van der Waals surface area (Å²) < 4.78 is 14.7. The van der Waals surface area contributed by atoms with E-state index in [0.29, 0.717) is 21.9 Å². The SMILES string of the molecule is CC(C)(C)[Si](OC[C@H](CCBr)n1cc(COC(=O)c2ccccc2)c(=O)n(C(=O)c2ccccc2)c1=O)(c1ccccc1)c1ccccc1. The van der Waals surface area contributed by atoms with E-state index < -0.39 is 44.1 Å². The predicted octanol–water partition coefficient (Wildman–Crippen LogP) is 5.96. The number of alkyl halides is 1. The van der Waals surface area contributed by atoms with Crippen molar-refractivity contribution in [2.45, 2.75) is 44.9 Å². The monoisotopic (exact) mass is 738 g/mol. The summed E-state index contributed by atoms with van der Waals surface area (Å²) in [5, 5.41) is 2.35. The van der Waals surface area contributed by atoms with Crippen molar-refractivity contribution in [3.63, 3.8) is 0 Å². The lowest BCUT2D eigenvalue weighted by Crippen LogP contribution is -2.67. The highest BCUT2D eigenvalue weighted by Crippen LogP contribution is 2.37. The van der Waals surface area contributed by atoms with Crippen LogP contribution in [0.4, 0.5) is 0 Å². The van der Waals surface area contributed by atoms with Crippen molar-refractivity contribution < 1.29 is 18.8 Å². The van der Waals surface area contributed by atoms with Crippen molar-refractivity contribution in [1.29, 1.82) is 0 Å². The van der Waals surface area contributed by atoms with Gasteiger partial charge in [-0.05, 0) is 46.1 Å². The number of aromatic nitrogens is 2. The smallest absolute Gasteiger partial charge is 0.338 e. The molecule has 0 aliphatic rings. The molecular weight excluding hydrogens is 700 g/mol. The van der Waals surface area contributed by atoms with E-state index in [1.54, 1.807) is 60.7 Å². The fourth-order valence-corrected chi connectivity index (χ4v) is 11.2. The number of halogens is 1. The minimum absolute atomic E-state index is 0.0156. The van der Waals surface area contributed by atoms with Crippen LogP contribution in [0.1, 0.15) is 59.5 Å². The Morgan fingerprint density at radius 2 is 1.24 bits per heavy atom. The van der Waals surface area contributed by atoms with E-state index in [2.05, 4.69) is 61.0 Å². The van der Waals surface area contributed by atoms with Gasteiger partial charge < -0.3 is 9.16 Å². The van der Waals surface area contributed by atoms with Gasteiger partial charge in [-0.2, -0.15) is 4.57 Å². The maximum absolute atomic E-state index is 14.2. The van der Waals surface area contributed by atoms with Gasteiger partial charge in [-0.25, -0.2) is 9.59 Å². The van der Waals surface area contributed by atoms with Crippen LogP contribution in [0.3, 0.4) is 0 Å². The Balaban J connectivity index is 1.62. The lowest BCUT2D eigenvalue weighted by molar-refractivity contribution is 0.0469. The molecule has 1 heterocycles. The highest BCUT2D eigenvalue weighted by atomic mass is 79.9. The molecule has 0 saturated carbocycles. The Hall–Kier alpha value is -4.64. The van der Waals surface area contributed by atoms with Crippen molar-refractivity contribution >= 4 is 46.5 Å². The van der Waals surface area contributed by atoms with Crippen LogP contribution in [0.5, 0.6) is 0 Å². The van der Waals surface area contributed by atoms with Crippen LogP contribution >= 0.6 is 15.9 Å². The van der Waals surface area contributed by atoms with Gasteiger partial charge in [0, 0.05) is 17.1 Å². The molecule has 1 aromatic heterocycles. The number of ether oxygens (including phenoxy) is 1. The molecule has 0 aliphatic carbocycles. The van der Waals surface area contributed by atoms with E-state index in [1.807, 2.05) is 36.4 Å². The molecule has 5 rings (SSSR count). The third-order valence-electron chi connectivity index (χ3n) is 8.52. The standard InChI is InChI=1S/C39H39BrN2O6Si/c1-39(2,3)49(33-20-12-6-13-21-33,34-22-14-7-15-23-34)48-28-32(24-25-40)41-26-31(27-47-37(45)30-18-10-5-11-19-30)36(44)42(38(41)46)35(43)29-16-8-4-9-17-29/h4-23,26,32H,24-25,27-28H2,1-3H3/t32-/m0/s1. The summed E-state index contributed by atoms with van der Waals surface area (Å²) in [5.41, 5.74) is -1.17. The van der Waals surface area contributed by atoms with Crippen LogP contribution in [0.2, 0.25) is 5.04 Å². The molecule has 0 radical (unpaired) electrons. The largest absolute Gasteiger partial charge is 0.457 e. The van der Waals surface area contributed by atoms with E-state index in [0.717, 1.165) is 10.4 Å². The molecule has 0 aliphatic heterocycles. The van der Waals surface area contributed by atoms with Gasteiger partial charge in [0.2, 0.25) is 0 Å². The Kier molecular flexibility index (Phi) is 11.4. The number of carbonyl (C=O) groups excluding carboxylic acids is 2. The first-order valence-corrected chi connectivity index (χ1v) is 19.1. The van der Waals surface area contributed by atoms with Crippen LogP contribution in [0, 0.1) is 0 Å². The lowest BCUT2D eigenvalue weighted by atomic mass is 10.2. The molecule has 0 N–H and O–H groups in total. The van der Waals surface area contributed by atoms with Crippen molar-refractivity contribution in [2.24, 2.45) is 0 Å². The van der Waals surface area contributed by atoms with E-state index in [9.17, 15) is 19.2 Å². The van der Waals surface area contributed by atoms with Crippen molar-refractivity contribution in [2.75, 3.05) is 11.9 Å². The van der Waals surface area contributed by atoms with Crippen LogP contribution in [0.25, 0.3) is 0 Å². The van der Waals surface area contributed by atoms with Gasteiger partial charge in [0.25, 0.3) is 19.8 Å². The fourth-order valence-electron chi connectivity index (χ4n) is 6.09. The van der Waals surface area contributed by atoms with E-state index in [4.69, 9.17) is 9.16 Å². The first-order chi connectivity index (χ1) is 23.6. The van der Waals surface area contributed by atoms with Crippen molar-refractivity contribution in [3.8, 4) is 0 Å². The zero-order valence-electron chi connectivity index (χ0n) is 27.8. The van der Waals surface area contributed by atoms with Crippen LogP contribution in [0.15, 0.2) is 137 Å². The summed E-state index contributed by atoms with van der Waals surface area (Å²) >= 11 is 3.55. The fraction of sp³-hybridized carbons (Fsp3) is 0.231. The molecule has 4 aromatic carbocycles. The minimum atomic E-state index is -3.01. The van der Waals surface area contributed by atoms with Gasteiger partial charge in [0.1, 0.15) is 6.61 Å². The predicted molar refractivity (Wildman–Crippen MR) is 198 cm³/mol. The van der Waals surface area contributed by atoms with Gasteiger partial charge >= 0.3 is 11.7 Å². The lowest BCUT2D eigenvalue weighted by Gasteiger charge is -2.43. The van der Waals surface area contributed by atoms with E-state index in [1.165, 1.54) is 10.8 Å². The highest BCUT2D eigenvalue weighted by molar-refractivity contribution is 9.09. The number of carbonyl (C=O) groups is 2. The maximum Gasteiger partial charge on any atom is 0.338 e. The summed E-state index contributed by atoms with van der Waals surface area (Å²) in [7, 11) is -3.01. The zero-order chi connectivity index (χ0) is 35.0. The average molecular weight is 740 g/mol. The second kappa shape index (κ2) is 15.7. The number of nitrogens with zero attached hydrogens (tertiary/aromatic N) is 2. The molecule has 0 bridgehead atoms. The van der Waals surface area contributed by atoms with Crippen molar-refractivity contribution in [3.05, 3.63) is 165 Å². The molecule has 8 nitrogen and oxygen atoms in total. The van der Waals surface area contributed by atoms with Crippen LogP contribution in [-0.2, 0) is 15.8 Å². The third-order valence-corrected chi connectivity index (χ3v) is 14.0. The second-order valence-corrected chi connectivity index (χ2v) is 17.8. The first kappa shape index (κ1) is 35.7. The Bertz CT molecular complexity index is 1950. The molecule has 252 valence electrons. The quantitative estimate of drug-likeness (QED) is 0.0891. The minimum Gasteiger partial charge on any atom is -0.457 e. The molecular formula is C39H39BrN2O6Si. The van der Waals surface area contributed by atoms with Crippen LogP contribution < -0.4 is 21.6 Å². The van der Waals surface area contributed by atoms with Crippen LogP contribution in [-0.4, -0.2) is 41.3 Å². The normalized spacial score (nSPS) is 12.3. The number of hydrogen-bond acceptors (Lipinski definition) is 6. The second-order valence-electron chi connectivity index (χ2n) is 12.7. The Morgan fingerprint density at radius 1 is 0.755 bits per heavy atom. The first-order valence-electron chi connectivity index (χ1n) is 16.1. The Labute approximate surface area is 295 Å². The summed E-state index contributed by atoms with van der Waals surface area (Å²) in [6.07, 6.45) is 1.85. The van der Waals surface area contributed by atoms with E-state index in [-0.39, 0.29) is 22.8 Å². The summed E-state index contributed by atoms with van der Waals surface area (Å²) in [6.45, 7) is 6.18. The zero-order valence-corrected chi connectivity index (χ0v) is 30.3. The average Bonchev–Trinajstić information content (AvgIpc) is 3.12. The topological polar surface area (TPSA) is 96.6 Å². The Morgan fingerprint density at radius 3 is 1.73 bits per heavy atom. The van der Waals surface area contributed by atoms with Gasteiger partial charge in [0.15, 0.2) is 0 Å². The van der Waals surface area contributed by atoms with E-state index >= 15 is 0 Å². The number of esters is 1. The summed E-state index contributed by atoms with van der Waals surface area (Å²) in [6, 6.07) is 36.3. The number of benzene rings is 4. The molecule has 0 spiro atoms. The number of rotatable bonds is 12. The highest BCUT2D eigenvalue weighted by Gasteiger charge is 2.50. The molecule has 49 heavy (non-hydrogen) atoms. The molecule has 1 atom stereocenters. The van der Waals surface area contributed by atoms with Gasteiger partial charge in [-0.3, -0.25) is 14.2 Å². The molecule has 0 saturated heterocycles. The van der Waals surface area contributed by atoms with Gasteiger partial charge in [-0.1, -0.05) is 134 Å². The molecule has 5 aromatic rings. The van der Waals surface area contributed by atoms with Crippen molar-refractivity contribution in [1.82, 2.24) is 9.13 Å². The van der Waals surface area contributed by atoms with Gasteiger partial charge in [-0.15, -0.1) is 0 Å². The maximum atomic E-state index is 14.2. The number of hydrogen-bond donors (Lipinski definition) is 0. The molecule has 10 heteroatoms.